The molecule has 5 rings (SSSR count). The van der Waals surface area contributed by atoms with Gasteiger partial charge < -0.3 is 19.1 Å². The highest BCUT2D eigenvalue weighted by molar-refractivity contribution is 7.07. The van der Waals surface area contributed by atoms with Crippen molar-refractivity contribution in [2.75, 3.05) is 32.2 Å². The lowest BCUT2D eigenvalue weighted by atomic mass is 9.95. The smallest absolute Gasteiger partial charge is 0.338 e. The summed E-state index contributed by atoms with van der Waals surface area (Å²) in [5, 5.41) is 9.41. The number of hydrogen-bond acceptors (Lipinski definition) is 9. The maximum atomic E-state index is 14.0. The van der Waals surface area contributed by atoms with Crippen molar-refractivity contribution in [3.8, 4) is 17.6 Å². The predicted molar refractivity (Wildman–Crippen MR) is 174 cm³/mol. The minimum atomic E-state index is -0.690. The van der Waals surface area contributed by atoms with E-state index in [-0.39, 0.29) is 18.8 Å². The number of nitriles is 1. The van der Waals surface area contributed by atoms with Gasteiger partial charge >= 0.3 is 5.97 Å². The average Bonchev–Trinajstić information content (AvgIpc) is 3.34. The fraction of sp³-hybridized carbons (Fsp3) is 0.257. The highest BCUT2D eigenvalue weighted by atomic mass is 32.1. The van der Waals surface area contributed by atoms with Crippen LogP contribution < -0.4 is 29.3 Å². The molecule has 0 fully saturated rings. The van der Waals surface area contributed by atoms with Crippen molar-refractivity contribution in [3.63, 3.8) is 0 Å². The van der Waals surface area contributed by atoms with Gasteiger partial charge in [0.1, 0.15) is 6.61 Å². The molecular weight excluding hydrogens is 588 g/mol. The summed E-state index contributed by atoms with van der Waals surface area (Å²) in [6, 6.07) is 22.0. The maximum absolute atomic E-state index is 14.0. The zero-order chi connectivity index (χ0) is 32.1. The lowest BCUT2D eigenvalue weighted by Gasteiger charge is -2.25. The van der Waals surface area contributed by atoms with Crippen LogP contribution in [0.4, 0.5) is 5.69 Å². The van der Waals surface area contributed by atoms with Gasteiger partial charge in [0.05, 0.1) is 46.7 Å². The molecule has 3 aromatic carbocycles. The molecule has 0 aliphatic carbocycles. The number of hydrogen-bond donors (Lipinski definition) is 0. The normalized spacial score (nSPS) is 14.3. The number of benzene rings is 3. The first-order valence-corrected chi connectivity index (χ1v) is 15.4. The van der Waals surface area contributed by atoms with E-state index in [0.29, 0.717) is 44.3 Å². The second-order valence-corrected chi connectivity index (χ2v) is 11.5. The molecule has 2 heterocycles. The number of carbonyl (C=O) groups excluding carboxylic acids is 1. The SMILES string of the molecule is CCOC(=O)C1=C(C)N=c2s/c(=C/c3ccc(OCc4ccccc4C#N)c(OCC)c3)c(=O)n2[C@@H]1c1ccc(N(C)C)cc1. The van der Waals surface area contributed by atoms with Gasteiger partial charge in [0, 0.05) is 25.3 Å². The van der Waals surface area contributed by atoms with Crippen molar-refractivity contribution in [2.24, 2.45) is 4.99 Å². The van der Waals surface area contributed by atoms with E-state index in [1.54, 1.807) is 36.6 Å². The first-order chi connectivity index (χ1) is 21.7. The molecule has 1 aliphatic heterocycles. The van der Waals surface area contributed by atoms with Gasteiger partial charge in [-0.25, -0.2) is 9.79 Å². The molecule has 45 heavy (non-hydrogen) atoms. The van der Waals surface area contributed by atoms with Gasteiger partial charge in [-0.3, -0.25) is 9.36 Å². The summed E-state index contributed by atoms with van der Waals surface area (Å²) in [4.78, 5) is 34.4. The first-order valence-electron chi connectivity index (χ1n) is 14.6. The number of allylic oxidation sites excluding steroid dienone is 1. The number of aromatic nitrogens is 1. The van der Waals surface area contributed by atoms with Crippen LogP contribution in [0.25, 0.3) is 6.08 Å². The molecule has 0 spiro atoms. The van der Waals surface area contributed by atoms with Crippen molar-refractivity contribution in [3.05, 3.63) is 120 Å². The molecule has 0 radical (unpaired) electrons. The third kappa shape index (κ3) is 6.54. The van der Waals surface area contributed by atoms with E-state index in [2.05, 4.69) is 11.1 Å². The van der Waals surface area contributed by atoms with Crippen molar-refractivity contribution in [1.29, 1.82) is 5.26 Å². The van der Waals surface area contributed by atoms with Gasteiger partial charge in [0.2, 0.25) is 0 Å². The lowest BCUT2D eigenvalue weighted by Crippen LogP contribution is -2.39. The maximum Gasteiger partial charge on any atom is 0.338 e. The van der Waals surface area contributed by atoms with E-state index in [9.17, 15) is 14.9 Å². The van der Waals surface area contributed by atoms with Crippen LogP contribution in [0.5, 0.6) is 11.5 Å². The van der Waals surface area contributed by atoms with Crippen LogP contribution in [0.3, 0.4) is 0 Å². The predicted octanol–water partition coefficient (Wildman–Crippen LogP) is 4.71. The third-order valence-corrected chi connectivity index (χ3v) is 8.31. The van der Waals surface area contributed by atoms with Crippen LogP contribution >= 0.6 is 11.3 Å². The second-order valence-electron chi connectivity index (χ2n) is 10.5. The number of esters is 1. The average molecular weight is 623 g/mol. The van der Waals surface area contributed by atoms with E-state index < -0.39 is 12.0 Å². The Balaban J connectivity index is 1.55. The molecule has 0 N–H and O–H groups in total. The Morgan fingerprint density at radius 3 is 2.49 bits per heavy atom. The second kappa shape index (κ2) is 13.7. The number of carbonyl (C=O) groups is 1. The summed E-state index contributed by atoms with van der Waals surface area (Å²) in [5.41, 5.74) is 4.43. The molecule has 9 nitrogen and oxygen atoms in total. The van der Waals surface area contributed by atoms with Crippen LogP contribution in [0, 0.1) is 11.3 Å². The summed E-state index contributed by atoms with van der Waals surface area (Å²) in [6.07, 6.45) is 1.79. The number of thiazole rings is 1. The van der Waals surface area contributed by atoms with Gasteiger partial charge in [-0.15, -0.1) is 0 Å². The van der Waals surface area contributed by atoms with Gasteiger partial charge in [0.15, 0.2) is 16.3 Å². The van der Waals surface area contributed by atoms with Crippen LogP contribution in [0.2, 0.25) is 0 Å². The van der Waals surface area contributed by atoms with Crippen molar-refractivity contribution in [1.82, 2.24) is 4.57 Å². The monoisotopic (exact) mass is 622 g/mol. The Morgan fingerprint density at radius 1 is 1.04 bits per heavy atom. The lowest BCUT2D eigenvalue weighted by molar-refractivity contribution is -0.139. The minimum Gasteiger partial charge on any atom is -0.490 e. The molecule has 10 heteroatoms. The summed E-state index contributed by atoms with van der Waals surface area (Å²) < 4.78 is 19.4. The van der Waals surface area contributed by atoms with Crippen LogP contribution in [0.1, 0.15) is 49.1 Å². The summed E-state index contributed by atoms with van der Waals surface area (Å²) in [7, 11) is 3.91. The van der Waals surface area contributed by atoms with E-state index in [4.69, 9.17) is 14.2 Å². The Labute approximate surface area is 265 Å². The first kappa shape index (κ1) is 31.3. The fourth-order valence-corrected chi connectivity index (χ4v) is 6.17. The fourth-order valence-electron chi connectivity index (χ4n) is 5.13. The van der Waals surface area contributed by atoms with Crippen molar-refractivity contribution in [2.45, 2.75) is 33.4 Å². The number of anilines is 1. The summed E-state index contributed by atoms with van der Waals surface area (Å²) in [6.45, 7) is 6.24. The Morgan fingerprint density at radius 2 is 1.80 bits per heavy atom. The van der Waals surface area contributed by atoms with Gasteiger partial charge in [0.25, 0.3) is 5.56 Å². The molecule has 0 bridgehead atoms. The molecule has 230 valence electrons. The zero-order valence-corrected chi connectivity index (χ0v) is 26.7. The third-order valence-electron chi connectivity index (χ3n) is 7.33. The number of nitrogens with zero attached hydrogens (tertiary/aromatic N) is 4. The quantitative estimate of drug-likeness (QED) is 0.236. The van der Waals surface area contributed by atoms with Crippen molar-refractivity contribution < 1.29 is 19.0 Å². The molecular formula is C35H34N4O5S. The molecule has 4 aromatic rings. The van der Waals surface area contributed by atoms with Crippen LogP contribution in [0.15, 0.2) is 87.8 Å². The van der Waals surface area contributed by atoms with Gasteiger partial charge in [-0.2, -0.15) is 5.26 Å². The molecule has 0 saturated carbocycles. The number of ether oxygens (including phenoxy) is 3. The molecule has 1 aliphatic rings. The molecule has 1 atom stereocenters. The van der Waals surface area contributed by atoms with Gasteiger partial charge in [-0.1, -0.05) is 47.7 Å². The highest BCUT2D eigenvalue weighted by Crippen LogP contribution is 2.32. The molecule has 0 amide bonds. The van der Waals surface area contributed by atoms with Gasteiger partial charge in [-0.05, 0) is 68.3 Å². The molecule has 1 aromatic heterocycles. The van der Waals surface area contributed by atoms with E-state index >= 15 is 0 Å². The Bertz CT molecular complexity index is 1980. The van der Waals surface area contributed by atoms with Crippen LogP contribution in [-0.4, -0.2) is 37.8 Å². The number of fused-ring (bicyclic) bond motifs is 1. The summed E-state index contributed by atoms with van der Waals surface area (Å²) >= 11 is 1.26. The Kier molecular flexibility index (Phi) is 9.50. The van der Waals surface area contributed by atoms with Crippen molar-refractivity contribution >= 4 is 29.1 Å². The topological polar surface area (TPSA) is 106 Å². The zero-order valence-electron chi connectivity index (χ0n) is 25.9. The molecule has 0 saturated heterocycles. The Hall–Kier alpha value is -5.14. The van der Waals surface area contributed by atoms with Crippen LogP contribution in [-0.2, 0) is 16.1 Å². The summed E-state index contributed by atoms with van der Waals surface area (Å²) in [5.74, 6) is 0.552. The highest BCUT2D eigenvalue weighted by Gasteiger charge is 2.33. The van der Waals surface area contributed by atoms with E-state index in [1.807, 2.05) is 80.5 Å². The minimum absolute atomic E-state index is 0.207. The molecule has 0 unspecified atom stereocenters. The van der Waals surface area contributed by atoms with E-state index in [0.717, 1.165) is 22.4 Å². The standard InChI is InChI=1S/C35H34N4O5S/c1-6-42-29-18-23(12-17-28(29)44-21-26-11-9-8-10-25(26)20-36)19-30-33(40)39-32(24-13-15-27(16-14-24)38(4)5)31(34(41)43-7-2)22(3)37-35(39)45-30/h8-19,32H,6-7,21H2,1-5H3/b30-19+/t32-/m1/s1. The largest absolute Gasteiger partial charge is 0.490 e. The van der Waals surface area contributed by atoms with E-state index in [1.165, 1.54) is 11.3 Å². The number of rotatable bonds is 10.